The van der Waals surface area contributed by atoms with Gasteiger partial charge in [-0.2, -0.15) is 0 Å². The van der Waals surface area contributed by atoms with Crippen molar-refractivity contribution >= 4 is 0 Å². The molecule has 1 heterocycles. The van der Waals surface area contributed by atoms with Gasteiger partial charge in [0, 0.05) is 17.7 Å². The molecule has 0 aliphatic carbocycles. The van der Waals surface area contributed by atoms with E-state index in [0.717, 1.165) is 31.1 Å². The fourth-order valence-corrected chi connectivity index (χ4v) is 3.27. The van der Waals surface area contributed by atoms with E-state index in [9.17, 15) is 0 Å². The molecule has 1 aliphatic rings. The highest BCUT2D eigenvalue weighted by atomic mass is 16.5. The molecule has 0 amide bonds. The van der Waals surface area contributed by atoms with E-state index < -0.39 is 0 Å². The Balaban J connectivity index is 2.39. The number of methoxy groups -OCH3 is 2. The van der Waals surface area contributed by atoms with Crippen LogP contribution in [0, 0.1) is 5.92 Å². The van der Waals surface area contributed by atoms with Gasteiger partial charge in [-0.25, -0.2) is 0 Å². The maximum absolute atomic E-state index is 6.00. The van der Waals surface area contributed by atoms with Crippen LogP contribution in [0.2, 0.25) is 0 Å². The molecule has 0 spiro atoms. The minimum Gasteiger partial charge on any atom is -0.497 e. The van der Waals surface area contributed by atoms with Crippen LogP contribution in [0.25, 0.3) is 0 Å². The van der Waals surface area contributed by atoms with Gasteiger partial charge in [-0.05, 0) is 44.5 Å². The Morgan fingerprint density at radius 2 is 2.10 bits per heavy atom. The molecule has 2 N–H and O–H groups in total. The summed E-state index contributed by atoms with van der Waals surface area (Å²) in [6.07, 6.45) is 2.41. The predicted molar refractivity (Wildman–Crippen MR) is 81.3 cm³/mol. The molecule has 4 nitrogen and oxygen atoms in total. The van der Waals surface area contributed by atoms with Crippen molar-refractivity contribution in [2.45, 2.75) is 25.8 Å². The number of hydrogen-bond acceptors (Lipinski definition) is 4. The molecule has 1 aliphatic heterocycles. The molecule has 2 rings (SSSR count). The Kier molecular flexibility index (Phi) is 5.26. The SMILES string of the molecule is CCN1CCCC(CN)C1c1ccc(OC)cc1OC. The Bertz CT molecular complexity index is 424. The number of nitrogens with two attached hydrogens (primary N) is 1. The van der Waals surface area contributed by atoms with Crippen molar-refractivity contribution in [2.24, 2.45) is 11.7 Å². The molecule has 1 aromatic rings. The Labute approximate surface area is 121 Å². The monoisotopic (exact) mass is 278 g/mol. The average molecular weight is 278 g/mol. The summed E-state index contributed by atoms with van der Waals surface area (Å²) in [6, 6.07) is 6.44. The molecule has 20 heavy (non-hydrogen) atoms. The second kappa shape index (κ2) is 6.95. The second-order valence-electron chi connectivity index (χ2n) is 5.32. The summed E-state index contributed by atoms with van der Waals surface area (Å²) < 4.78 is 10.9. The summed E-state index contributed by atoms with van der Waals surface area (Å²) in [5.41, 5.74) is 7.23. The quantitative estimate of drug-likeness (QED) is 0.898. The van der Waals surface area contributed by atoms with Gasteiger partial charge in [0.25, 0.3) is 0 Å². The highest BCUT2D eigenvalue weighted by Gasteiger charge is 2.32. The van der Waals surface area contributed by atoms with Crippen LogP contribution in [0.1, 0.15) is 31.4 Å². The molecular weight excluding hydrogens is 252 g/mol. The van der Waals surface area contributed by atoms with Crippen LogP contribution >= 0.6 is 0 Å². The molecule has 1 aromatic carbocycles. The predicted octanol–water partition coefficient (Wildman–Crippen LogP) is 2.44. The number of ether oxygens (including phenoxy) is 2. The van der Waals surface area contributed by atoms with Crippen LogP contribution in [0.4, 0.5) is 0 Å². The zero-order chi connectivity index (χ0) is 14.5. The van der Waals surface area contributed by atoms with Gasteiger partial charge in [-0.1, -0.05) is 13.0 Å². The fraction of sp³-hybridized carbons (Fsp3) is 0.625. The number of rotatable bonds is 5. The first-order chi connectivity index (χ1) is 9.74. The number of nitrogens with zero attached hydrogens (tertiary/aromatic N) is 1. The lowest BCUT2D eigenvalue weighted by molar-refractivity contribution is 0.0998. The zero-order valence-electron chi connectivity index (χ0n) is 12.8. The normalized spacial score (nSPS) is 23.6. The number of hydrogen-bond donors (Lipinski definition) is 1. The highest BCUT2D eigenvalue weighted by molar-refractivity contribution is 5.43. The molecule has 2 atom stereocenters. The molecule has 0 aromatic heterocycles. The van der Waals surface area contributed by atoms with E-state index in [1.807, 2.05) is 12.1 Å². The average Bonchev–Trinajstić information content (AvgIpc) is 2.53. The van der Waals surface area contributed by atoms with E-state index in [1.165, 1.54) is 18.4 Å². The summed E-state index contributed by atoms with van der Waals surface area (Å²) in [5, 5.41) is 0. The third-order valence-corrected chi connectivity index (χ3v) is 4.33. The first kappa shape index (κ1) is 15.1. The third-order valence-electron chi connectivity index (χ3n) is 4.33. The lowest BCUT2D eigenvalue weighted by Gasteiger charge is -2.41. The van der Waals surface area contributed by atoms with Crippen molar-refractivity contribution < 1.29 is 9.47 Å². The van der Waals surface area contributed by atoms with Gasteiger partial charge in [0.05, 0.1) is 14.2 Å². The van der Waals surface area contributed by atoms with Gasteiger partial charge in [0.2, 0.25) is 0 Å². The minimum atomic E-state index is 0.347. The maximum Gasteiger partial charge on any atom is 0.127 e. The van der Waals surface area contributed by atoms with Crippen molar-refractivity contribution in [3.63, 3.8) is 0 Å². The van der Waals surface area contributed by atoms with Crippen molar-refractivity contribution in [3.05, 3.63) is 23.8 Å². The summed E-state index contributed by atoms with van der Waals surface area (Å²) in [4.78, 5) is 2.51. The van der Waals surface area contributed by atoms with E-state index in [-0.39, 0.29) is 0 Å². The molecule has 0 saturated carbocycles. The van der Waals surface area contributed by atoms with Crippen LogP contribution in [-0.4, -0.2) is 38.8 Å². The van der Waals surface area contributed by atoms with Crippen LogP contribution in [-0.2, 0) is 0 Å². The molecular formula is C16H26N2O2. The lowest BCUT2D eigenvalue weighted by Crippen LogP contribution is -2.41. The molecule has 1 saturated heterocycles. The molecule has 0 bridgehead atoms. The van der Waals surface area contributed by atoms with E-state index in [2.05, 4.69) is 17.9 Å². The lowest BCUT2D eigenvalue weighted by atomic mass is 9.84. The highest BCUT2D eigenvalue weighted by Crippen LogP contribution is 2.40. The van der Waals surface area contributed by atoms with Crippen molar-refractivity contribution in [2.75, 3.05) is 33.9 Å². The Morgan fingerprint density at radius 1 is 1.30 bits per heavy atom. The number of likely N-dealkylation sites (tertiary alicyclic amines) is 1. The zero-order valence-corrected chi connectivity index (χ0v) is 12.8. The van der Waals surface area contributed by atoms with E-state index in [1.54, 1.807) is 14.2 Å². The van der Waals surface area contributed by atoms with Gasteiger partial charge < -0.3 is 15.2 Å². The summed E-state index contributed by atoms with van der Waals surface area (Å²) in [6.45, 7) is 5.10. The first-order valence-corrected chi connectivity index (χ1v) is 7.41. The van der Waals surface area contributed by atoms with E-state index >= 15 is 0 Å². The van der Waals surface area contributed by atoms with E-state index in [0.29, 0.717) is 12.0 Å². The Morgan fingerprint density at radius 3 is 2.70 bits per heavy atom. The number of benzene rings is 1. The summed E-state index contributed by atoms with van der Waals surface area (Å²) in [5.74, 6) is 2.22. The van der Waals surface area contributed by atoms with Crippen LogP contribution < -0.4 is 15.2 Å². The van der Waals surface area contributed by atoms with Crippen molar-refractivity contribution in [1.82, 2.24) is 4.90 Å². The largest absolute Gasteiger partial charge is 0.497 e. The minimum absolute atomic E-state index is 0.347. The first-order valence-electron chi connectivity index (χ1n) is 7.41. The summed E-state index contributed by atoms with van der Waals surface area (Å²) >= 11 is 0. The van der Waals surface area contributed by atoms with Gasteiger partial charge in [-0.15, -0.1) is 0 Å². The third kappa shape index (κ3) is 2.91. The van der Waals surface area contributed by atoms with Crippen LogP contribution in [0.5, 0.6) is 11.5 Å². The standard InChI is InChI=1S/C16H26N2O2/c1-4-18-9-5-6-12(11-17)16(18)14-8-7-13(19-2)10-15(14)20-3/h7-8,10,12,16H,4-6,9,11,17H2,1-3H3. The van der Waals surface area contributed by atoms with Crippen LogP contribution in [0.3, 0.4) is 0 Å². The van der Waals surface area contributed by atoms with Gasteiger partial charge >= 0.3 is 0 Å². The van der Waals surface area contributed by atoms with Crippen LogP contribution in [0.15, 0.2) is 18.2 Å². The van der Waals surface area contributed by atoms with Gasteiger partial charge in [0.15, 0.2) is 0 Å². The fourth-order valence-electron chi connectivity index (χ4n) is 3.27. The Hall–Kier alpha value is -1.26. The smallest absolute Gasteiger partial charge is 0.127 e. The molecule has 112 valence electrons. The second-order valence-corrected chi connectivity index (χ2v) is 5.32. The summed E-state index contributed by atoms with van der Waals surface area (Å²) in [7, 11) is 3.39. The van der Waals surface area contributed by atoms with Crippen molar-refractivity contribution in [1.29, 1.82) is 0 Å². The van der Waals surface area contributed by atoms with Gasteiger partial charge in [-0.3, -0.25) is 4.90 Å². The molecule has 0 radical (unpaired) electrons. The molecule has 1 fully saturated rings. The molecule has 4 heteroatoms. The number of piperidine rings is 1. The topological polar surface area (TPSA) is 47.7 Å². The van der Waals surface area contributed by atoms with Crippen molar-refractivity contribution in [3.8, 4) is 11.5 Å². The maximum atomic E-state index is 6.00. The van der Waals surface area contributed by atoms with E-state index in [4.69, 9.17) is 15.2 Å². The molecule has 2 unspecified atom stereocenters. The van der Waals surface area contributed by atoms with Gasteiger partial charge in [0.1, 0.15) is 11.5 Å².